The molecular formula is C19H27N. The lowest BCUT2D eigenvalue weighted by molar-refractivity contribution is 0.367. The Hall–Kier alpha value is -1.24. The number of aromatic nitrogens is 1. The predicted molar refractivity (Wildman–Crippen MR) is 87.3 cm³/mol. The van der Waals surface area contributed by atoms with Gasteiger partial charge in [-0.3, -0.25) is 0 Å². The number of aryl methyl sites for hydroxylation is 1. The average molecular weight is 269 g/mol. The number of benzene rings is 1. The highest BCUT2D eigenvalue weighted by Gasteiger charge is 2.27. The van der Waals surface area contributed by atoms with Crippen LogP contribution in [0.3, 0.4) is 0 Å². The molecule has 20 heavy (non-hydrogen) atoms. The number of para-hydroxylation sites is 1. The first kappa shape index (κ1) is 13.7. The molecule has 1 heteroatoms. The monoisotopic (exact) mass is 269 g/mol. The third-order valence-corrected chi connectivity index (χ3v) is 5.11. The van der Waals surface area contributed by atoms with E-state index < -0.39 is 0 Å². The minimum atomic E-state index is 0.753. The van der Waals surface area contributed by atoms with E-state index in [1.165, 1.54) is 55.8 Å². The molecule has 1 aliphatic carbocycles. The van der Waals surface area contributed by atoms with Crippen molar-refractivity contribution in [1.82, 2.24) is 4.98 Å². The van der Waals surface area contributed by atoms with E-state index in [1.807, 2.05) is 0 Å². The van der Waals surface area contributed by atoms with Gasteiger partial charge in [0, 0.05) is 22.5 Å². The number of fused-ring (bicyclic) bond motifs is 3. The Morgan fingerprint density at radius 1 is 1.25 bits per heavy atom. The zero-order valence-corrected chi connectivity index (χ0v) is 12.9. The van der Waals surface area contributed by atoms with Crippen molar-refractivity contribution < 1.29 is 0 Å². The van der Waals surface area contributed by atoms with Crippen LogP contribution in [-0.2, 0) is 6.42 Å². The van der Waals surface area contributed by atoms with Crippen molar-refractivity contribution in [2.24, 2.45) is 5.92 Å². The maximum absolute atomic E-state index is 3.74. The summed E-state index contributed by atoms with van der Waals surface area (Å²) < 4.78 is 0. The first-order valence-electron chi connectivity index (χ1n) is 8.40. The molecule has 1 N–H and O–H groups in total. The highest BCUT2D eigenvalue weighted by atomic mass is 14.7. The molecule has 0 saturated carbocycles. The Bertz CT molecular complexity index is 566. The van der Waals surface area contributed by atoms with Crippen LogP contribution in [0.4, 0.5) is 0 Å². The zero-order chi connectivity index (χ0) is 13.9. The first-order chi connectivity index (χ1) is 9.81. The Kier molecular flexibility index (Phi) is 4.14. The Morgan fingerprint density at radius 2 is 2.10 bits per heavy atom. The maximum atomic E-state index is 3.74. The van der Waals surface area contributed by atoms with Gasteiger partial charge in [0.25, 0.3) is 0 Å². The van der Waals surface area contributed by atoms with Gasteiger partial charge in [-0.2, -0.15) is 0 Å². The number of hydrogen-bond acceptors (Lipinski definition) is 0. The van der Waals surface area contributed by atoms with Crippen molar-refractivity contribution in [3.8, 4) is 0 Å². The maximum Gasteiger partial charge on any atom is 0.0459 e. The second-order valence-electron chi connectivity index (χ2n) is 6.53. The topological polar surface area (TPSA) is 15.8 Å². The fraction of sp³-hybridized carbons (Fsp3) is 0.579. The second kappa shape index (κ2) is 6.03. The molecule has 0 aliphatic heterocycles. The van der Waals surface area contributed by atoms with Gasteiger partial charge in [0.2, 0.25) is 0 Å². The summed E-state index contributed by atoms with van der Waals surface area (Å²) in [5.74, 6) is 1.57. The van der Waals surface area contributed by atoms with E-state index in [9.17, 15) is 0 Å². The van der Waals surface area contributed by atoms with Gasteiger partial charge >= 0.3 is 0 Å². The first-order valence-corrected chi connectivity index (χ1v) is 8.40. The van der Waals surface area contributed by atoms with Crippen molar-refractivity contribution in [3.63, 3.8) is 0 Å². The smallest absolute Gasteiger partial charge is 0.0459 e. The number of aromatic amines is 1. The standard InChI is InChI=1S/C19H27N/c1-3-4-5-9-14(2)15-11-8-12-17-16-10-6-7-13-18(16)20-19(15)17/h6-7,10,13-15,20H,3-5,8-9,11-12H2,1-2H3. The van der Waals surface area contributed by atoms with Crippen molar-refractivity contribution in [2.45, 2.75) is 64.7 Å². The molecule has 1 nitrogen and oxygen atoms in total. The van der Waals surface area contributed by atoms with E-state index in [0.717, 1.165) is 11.8 Å². The van der Waals surface area contributed by atoms with Gasteiger partial charge in [-0.25, -0.2) is 0 Å². The molecule has 0 spiro atoms. The fourth-order valence-corrected chi connectivity index (χ4v) is 3.94. The van der Waals surface area contributed by atoms with Gasteiger partial charge in [0.1, 0.15) is 0 Å². The molecule has 3 rings (SSSR count). The summed E-state index contributed by atoms with van der Waals surface area (Å²) in [6.45, 7) is 4.75. The Labute approximate surface area is 122 Å². The lowest BCUT2D eigenvalue weighted by Crippen LogP contribution is -2.16. The number of unbranched alkanes of at least 4 members (excludes halogenated alkanes) is 2. The Morgan fingerprint density at radius 3 is 2.95 bits per heavy atom. The van der Waals surface area contributed by atoms with Gasteiger partial charge < -0.3 is 4.98 Å². The van der Waals surface area contributed by atoms with Crippen molar-refractivity contribution in [2.75, 3.05) is 0 Å². The molecule has 2 atom stereocenters. The van der Waals surface area contributed by atoms with E-state index in [-0.39, 0.29) is 0 Å². The molecule has 1 aromatic carbocycles. The molecular weight excluding hydrogens is 242 g/mol. The summed E-state index contributed by atoms with van der Waals surface area (Å²) in [6, 6.07) is 8.83. The van der Waals surface area contributed by atoms with E-state index in [4.69, 9.17) is 0 Å². The number of H-pyrrole nitrogens is 1. The van der Waals surface area contributed by atoms with E-state index in [0.29, 0.717) is 0 Å². The summed E-state index contributed by atoms with van der Waals surface area (Å²) in [7, 11) is 0. The predicted octanol–water partition coefficient (Wildman–Crippen LogP) is 5.80. The van der Waals surface area contributed by atoms with Crippen LogP contribution < -0.4 is 0 Å². The lowest BCUT2D eigenvalue weighted by Gasteiger charge is -2.28. The highest BCUT2D eigenvalue weighted by molar-refractivity contribution is 5.85. The summed E-state index contributed by atoms with van der Waals surface area (Å²) >= 11 is 0. The molecule has 1 aliphatic rings. The normalized spacial score (nSPS) is 20.0. The second-order valence-corrected chi connectivity index (χ2v) is 6.53. The number of nitrogens with one attached hydrogen (secondary N) is 1. The largest absolute Gasteiger partial charge is 0.358 e. The van der Waals surface area contributed by atoms with Crippen LogP contribution in [0.25, 0.3) is 10.9 Å². The van der Waals surface area contributed by atoms with E-state index in [2.05, 4.69) is 43.1 Å². The van der Waals surface area contributed by atoms with Gasteiger partial charge in [0.05, 0.1) is 0 Å². The molecule has 0 bridgehead atoms. The Balaban J connectivity index is 1.86. The van der Waals surface area contributed by atoms with Gasteiger partial charge in [-0.05, 0) is 36.8 Å². The van der Waals surface area contributed by atoms with Gasteiger partial charge in [0.15, 0.2) is 0 Å². The fourth-order valence-electron chi connectivity index (χ4n) is 3.94. The summed E-state index contributed by atoms with van der Waals surface area (Å²) in [4.78, 5) is 3.74. The third kappa shape index (κ3) is 2.51. The minimum Gasteiger partial charge on any atom is -0.358 e. The van der Waals surface area contributed by atoms with Crippen LogP contribution in [0, 0.1) is 5.92 Å². The summed E-state index contributed by atoms with van der Waals surface area (Å²) in [6.07, 6.45) is 9.48. The molecule has 0 radical (unpaired) electrons. The minimum absolute atomic E-state index is 0.753. The number of rotatable bonds is 5. The van der Waals surface area contributed by atoms with Crippen LogP contribution in [0.1, 0.15) is 69.5 Å². The van der Waals surface area contributed by atoms with Gasteiger partial charge in [-0.1, -0.05) is 57.7 Å². The van der Waals surface area contributed by atoms with Crippen LogP contribution in [-0.4, -0.2) is 4.98 Å². The third-order valence-electron chi connectivity index (χ3n) is 5.11. The molecule has 2 aromatic rings. The molecule has 0 saturated heterocycles. The molecule has 108 valence electrons. The molecule has 0 amide bonds. The molecule has 1 aromatic heterocycles. The van der Waals surface area contributed by atoms with E-state index >= 15 is 0 Å². The number of hydrogen-bond donors (Lipinski definition) is 1. The van der Waals surface area contributed by atoms with Crippen LogP contribution >= 0.6 is 0 Å². The lowest BCUT2D eigenvalue weighted by atomic mass is 9.78. The van der Waals surface area contributed by atoms with Crippen molar-refractivity contribution >= 4 is 10.9 Å². The zero-order valence-electron chi connectivity index (χ0n) is 12.9. The van der Waals surface area contributed by atoms with Crippen LogP contribution in [0.2, 0.25) is 0 Å². The SMILES string of the molecule is CCCCCC(C)C1CCCc2c1[nH]c1ccccc21. The van der Waals surface area contributed by atoms with Crippen molar-refractivity contribution in [3.05, 3.63) is 35.5 Å². The summed E-state index contributed by atoms with van der Waals surface area (Å²) in [5, 5.41) is 1.47. The molecule has 1 heterocycles. The quantitative estimate of drug-likeness (QED) is 0.660. The summed E-state index contributed by atoms with van der Waals surface area (Å²) in [5.41, 5.74) is 4.51. The highest BCUT2D eigenvalue weighted by Crippen LogP contribution is 2.41. The van der Waals surface area contributed by atoms with Crippen molar-refractivity contribution in [1.29, 1.82) is 0 Å². The molecule has 2 unspecified atom stereocenters. The molecule has 0 fully saturated rings. The van der Waals surface area contributed by atoms with Crippen LogP contribution in [0.15, 0.2) is 24.3 Å². The van der Waals surface area contributed by atoms with Gasteiger partial charge in [-0.15, -0.1) is 0 Å². The average Bonchev–Trinajstić information content (AvgIpc) is 2.86. The van der Waals surface area contributed by atoms with E-state index in [1.54, 1.807) is 11.3 Å². The van der Waals surface area contributed by atoms with Crippen LogP contribution in [0.5, 0.6) is 0 Å².